The molecule has 0 unspecified atom stereocenters. The molecule has 5 nitrogen and oxygen atoms in total. The summed E-state index contributed by atoms with van der Waals surface area (Å²) in [4.78, 5) is 16.0. The molecule has 25 heavy (non-hydrogen) atoms. The van der Waals surface area contributed by atoms with Crippen LogP contribution in [0.4, 0.5) is 0 Å². The number of aromatic nitrogens is 2. The Hall–Kier alpha value is -2.34. The Morgan fingerprint density at radius 3 is 2.68 bits per heavy atom. The van der Waals surface area contributed by atoms with Crippen LogP contribution in [0.1, 0.15) is 28.8 Å². The highest BCUT2D eigenvalue weighted by Crippen LogP contribution is 2.32. The molecule has 1 saturated heterocycles. The summed E-state index contributed by atoms with van der Waals surface area (Å²) in [6, 6.07) is 13.8. The van der Waals surface area contributed by atoms with E-state index in [4.69, 9.17) is 4.63 Å². The van der Waals surface area contributed by atoms with Crippen molar-refractivity contribution in [1.29, 1.82) is 0 Å². The number of rotatable bonds is 3. The SMILES string of the molecule is Cc1ccccc1SC1CCN(C(=O)c2ccc3nonc3c2)CC1. The van der Waals surface area contributed by atoms with Crippen molar-refractivity contribution in [2.45, 2.75) is 29.9 Å². The van der Waals surface area contributed by atoms with E-state index in [-0.39, 0.29) is 5.91 Å². The van der Waals surface area contributed by atoms with Gasteiger partial charge in [0.15, 0.2) is 0 Å². The van der Waals surface area contributed by atoms with Gasteiger partial charge in [-0.25, -0.2) is 4.63 Å². The molecule has 0 N–H and O–H groups in total. The van der Waals surface area contributed by atoms with Crippen molar-refractivity contribution < 1.29 is 9.42 Å². The highest BCUT2D eigenvalue weighted by molar-refractivity contribution is 8.00. The summed E-state index contributed by atoms with van der Waals surface area (Å²) in [5, 5.41) is 8.15. The number of likely N-dealkylation sites (tertiary alicyclic amines) is 1. The Balaban J connectivity index is 1.39. The minimum Gasteiger partial charge on any atom is -0.339 e. The van der Waals surface area contributed by atoms with Crippen LogP contribution >= 0.6 is 11.8 Å². The zero-order chi connectivity index (χ0) is 17.2. The number of aryl methyl sites for hydroxylation is 1. The van der Waals surface area contributed by atoms with E-state index < -0.39 is 0 Å². The third kappa shape index (κ3) is 3.39. The maximum absolute atomic E-state index is 12.7. The van der Waals surface area contributed by atoms with Crippen molar-refractivity contribution in [3.63, 3.8) is 0 Å². The molecule has 2 heterocycles. The van der Waals surface area contributed by atoms with Gasteiger partial charge in [0.1, 0.15) is 11.0 Å². The summed E-state index contributed by atoms with van der Waals surface area (Å²) < 4.78 is 4.70. The number of carbonyl (C=O) groups excluding carboxylic acids is 1. The van der Waals surface area contributed by atoms with Crippen LogP contribution in [0, 0.1) is 6.92 Å². The number of nitrogens with zero attached hydrogens (tertiary/aromatic N) is 3. The predicted molar refractivity (Wildman–Crippen MR) is 97.8 cm³/mol. The first-order valence-corrected chi connectivity index (χ1v) is 9.32. The molecular formula is C19H19N3O2S. The summed E-state index contributed by atoms with van der Waals surface area (Å²) in [5.74, 6) is 0.0595. The normalized spacial score (nSPS) is 15.6. The zero-order valence-electron chi connectivity index (χ0n) is 14.0. The van der Waals surface area contributed by atoms with Gasteiger partial charge in [-0.1, -0.05) is 18.2 Å². The molecule has 0 spiro atoms. The van der Waals surface area contributed by atoms with E-state index in [1.807, 2.05) is 16.7 Å². The lowest BCUT2D eigenvalue weighted by molar-refractivity contribution is 0.0727. The third-order valence-corrected chi connectivity index (χ3v) is 6.13. The molecule has 1 aliphatic rings. The van der Waals surface area contributed by atoms with Crippen LogP contribution in [-0.4, -0.2) is 39.5 Å². The van der Waals surface area contributed by atoms with Gasteiger partial charge < -0.3 is 4.90 Å². The van der Waals surface area contributed by atoms with Crippen LogP contribution in [0.5, 0.6) is 0 Å². The van der Waals surface area contributed by atoms with Crippen LogP contribution < -0.4 is 0 Å². The second-order valence-electron chi connectivity index (χ2n) is 6.34. The zero-order valence-corrected chi connectivity index (χ0v) is 14.8. The van der Waals surface area contributed by atoms with Crippen molar-refractivity contribution in [2.24, 2.45) is 0 Å². The number of hydrogen-bond donors (Lipinski definition) is 0. The largest absolute Gasteiger partial charge is 0.339 e. The predicted octanol–water partition coefficient (Wildman–Crippen LogP) is 3.93. The molecule has 1 amide bonds. The molecule has 0 saturated carbocycles. The van der Waals surface area contributed by atoms with Gasteiger partial charge >= 0.3 is 0 Å². The van der Waals surface area contributed by atoms with Crippen molar-refractivity contribution >= 4 is 28.7 Å². The van der Waals surface area contributed by atoms with Crippen LogP contribution in [0.2, 0.25) is 0 Å². The first-order valence-electron chi connectivity index (χ1n) is 8.44. The minimum absolute atomic E-state index is 0.0595. The Morgan fingerprint density at radius 2 is 1.88 bits per heavy atom. The van der Waals surface area contributed by atoms with Gasteiger partial charge in [0, 0.05) is 28.8 Å². The molecule has 128 valence electrons. The fourth-order valence-corrected chi connectivity index (χ4v) is 4.36. The monoisotopic (exact) mass is 353 g/mol. The topological polar surface area (TPSA) is 59.2 Å². The van der Waals surface area contributed by atoms with Gasteiger partial charge in [-0.05, 0) is 59.9 Å². The maximum atomic E-state index is 12.7. The van der Waals surface area contributed by atoms with Crippen molar-refractivity contribution in [3.05, 3.63) is 53.6 Å². The molecule has 1 aromatic heterocycles. The van der Waals surface area contributed by atoms with Crippen molar-refractivity contribution in [2.75, 3.05) is 13.1 Å². The van der Waals surface area contributed by atoms with Crippen LogP contribution in [0.3, 0.4) is 0 Å². The van der Waals surface area contributed by atoms with Crippen molar-refractivity contribution in [1.82, 2.24) is 15.2 Å². The number of piperidine rings is 1. The Morgan fingerprint density at radius 1 is 1.12 bits per heavy atom. The van der Waals surface area contributed by atoms with E-state index in [1.54, 1.807) is 18.2 Å². The van der Waals surface area contributed by atoms with Crippen LogP contribution in [0.25, 0.3) is 11.0 Å². The molecule has 0 atom stereocenters. The van der Waals surface area contributed by atoms with Gasteiger partial charge in [0.25, 0.3) is 5.91 Å². The Bertz CT molecular complexity index is 900. The van der Waals surface area contributed by atoms with Crippen LogP contribution in [-0.2, 0) is 0 Å². The molecular weight excluding hydrogens is 334 g/mol. The highest BCUT2D eigenvalue weighted by atomic mass is 32.2. The summed E-state index contributed by atoms with van der Waals surface area (Å²) in [6.07, 6.45) is 2.02. The first-order chi connectivity index (χ1) is 12.2. The van der Waals surface area contributed by atoms with Crippen LogP contribution in [0.15, 0.2) is 52.0 Å². The summed E-state index contributed by atoms with van der Waals surface area (Å²) >= 11 is 1.94. The quantitative estimate of drug-likeness (QED) is 0.714. The van der Waals surface area contributed by atoms with Gasteiger partial charge in [-0.2, -0.15) is 0 Å². The minimum atomic E-state index is 0.0595. The molecule has 4 rings (SSSR count). The van der Waals surface area contributed by atoms with E-state index in [9.17, 15) is 4.79 Å². The van der Waals surface area contributed by atoms with E-state index >= 15 is 0 Å². The molecule has 0 radical (unpaired) electrons. The Kier molecular flexibility index (Phi) is 4.44. The average molecular weight is 353 g/mol. The van der Waals surface area contributed by atoms with Gasteiger partial charge in [-0.15, -0.1) is 11.8 Å². The summed E-state index contributed by atoms with van der Waals surface area (Å²) in [6.45, 7) is 3.73. The van der Waals surface area contributed by atoms with E-state index in [0.717, 1.165) is 25.9 Å². The highest BCUT2D eigenvalue weighted by Gasteiger charge is 2.25. The Labute approximate surface area is 150 Å². The number of fused-ring (bicyclic) bond motifs is 1. The lowest BCUT2D eigenvalue weighted by atomic mass is 10.1. The van der Waals surface area contributed by atoms with Gasteiger partial charge in [-0.3, -0.25) is 4.79 Å². The number of benzene rings is 2. The first kappa shape index (κ1) is 16.1. The smallest absolute Gasteiger partial charge is 0.253 e. The lowest BCUT2D eigenvalue weighted by Crippen LogP contribution is -2.39. The molecule has 0 aliphatic carbocycles. The second-order valence-corrected chi connectivity index (χ2v) is 7.68. The van der Waals surface area contributed by atoms with E-state index in [0.29, 0.717) is 21.8 Å². The molecule has 3 aromatic rings. The average Bonchev–Trinajstić information content (AvgIpc) is 3.11. The number of hydrogen-bond acceptors (Lipinski definition) is 5. The summed E-state index contributed by atoms with van der Waals surface area (Å²) in [5.41, 5.74) is 3.26. The summed E-state index contributed by atoms with van der Waals surface area (Å²) in [7, 11) is 0. The maximum Gasteiger partial charge on any atom is 0.253 e. The number of thioether (sulfide) groups is 1. The van der Waals surface area contributed by atoms with Gasteiger partial charge in [0.05, 0.1) is 0 Å². The van der Waals surface area contributed by atoms with E-state index in [2.05, 4.69) is 41.5 Å². The molecule has 6 heteroatoms. The molecule has 2 aromatic carbocycles. The number of carbonyl (C=O) groups is 1. The van der Waals surface area contributed by atoms with E-state index in [1.165, 1.54) is 10.5 Å². The van der Waals surface area contributed by atoms with Crippen molar-refractivity contribution in [3.8, 4) is 0 Å². The third-order valence-electron chi connectivity index (χ3n) is 4.62. The molecule has 0 bridgehead atoms. The lowest BCUT2D eigenvalue weighted by Gasteiger charge is -2.32. The number of amides is 1. The standard InChI is InChI=1S/C19H19N3O2S/c1-13-4-2-3-5-18(13)25-15-8-10-22(11-9-15)19(23)14-6-7-16-17(12-14)21-24-20-16/h2-7,12,15H,8-11H2,1H3. The second kappa shape index (κ2) is 6.88. The fourth-order valence-electron chi connectivity index (χ4n) is 3.14. The van der Waals surface area contributed by atoms with Gasteiger partial charge in [0.2, 0.25) is 0 Å². The molecule has 1 aliphatic heterocycles. The fraction of sp³-hybridized carbons (Fsp3) is 0.316. The molecule has 1 fully saturated rings.